The third-order valence-electron chi connectivity index (χ3n) is 3.43. The van der Waals surface area contributed by atoms with Crippen LogP contribution in [0.1, 0.15) is 6.42 Å². The van der Waals surface area contributed by atoms with Crippen LogP contribution in [0, 0.1) is 11.6 Å². The van der Waals surface area contributed by atoms with E-state index in [9.17, 15) is 22.0 Å². The van der Waals surface area contributed by atoms with Crippen molar-refractivity contribution in [3.8, 4) is 0 Å². The number of halogens is 2. The van der Waals surface area contributed by atoms with Crippen LogP contribution in [0.4, 0.5) is 14.5 Å². The molecule has 0 bridgehead atoms. The number of likely N-dealkylation sites (N-methyl/N-ethyl adjacent to an activating group) is 1. The third-order valence-corrected chi connectivity index (χ3v) is 5.18. The second-order valence-electron chi connectivity index (χ2n) is 5.14. The molecule has 0 spiro atoms. The number of carbonyl (C=O) groups excluding carboxylic acids is 1. The van der Waals surface area contributed by atoms with E-state index in [1.165, 1.54) is 0 Å². The Balaban J connectivity index is 1.94. The molecule has 1 aromatic rings. The first kappa shape index (κ1) is 15.8. The van der Waals surface area contributed by atoms with E-state index in [4.69, 9.17) is 0 Å². The monoisotopic (exact) mass is 318 g/mol. The summed E-state index contributed by atoms with van der Waals surface area (Å²) in [5, 5.41) is 2.28. The number of nitrogens with one attached hydrogen (secondary N) is 1. The smallest absolute Gasteiger partial charge is 0.238 e. The Bertz CT molecular complexity index is 649. The molecule has 5 nitrogen and oxygen atoms in total. The molecule has 0 aromatic heterocycles. The molecule has 21 heavy (non-hydrogen) atoms. The number of carbonyl (C=O) groups is 1. The van der Waals surface area contributed by atoms with Gasteiger partial charge in [0.15, 0.2) is 9.84 Å². The number of sulfone groups is 1. The zero-order valence-electron chi connectivity index (χ0n) is 11.5. The molecule has 1 saturated heterocycles. The third kappa shape index (κ3) is 4.21. The van der Waals surface area contributed by atoms with Crippen LogP contribution in [-0.2, 0) is 14.6 Å². The molecule has 1 heterocycles. The Hall–Kier alpha value is -1.54. The van der Waals surface area contributed by atoms with Crippen molar-refractivity contribution in [1.29, 1.82) is 0 Å². The van der Waals surface area contributed by atoms with Crippen LogP contribution in [-0.4, -0.2) is 50.4 Å². The van der Waals surface area contributed by atoms with Gasteiger partial charge in [-0.15, -0.1) is 0 Å². The molecule has 0 saturated carbocycles. The van der Waals surface area contributed by atoms with Crippen LogP contribution < -0.4 is 5.32 Å². The number of hydrogen-bond acceptors (Lipinski definition) is 4. The van der Waals surface area contributed by atoms with Crippen molar-refractivity contribution >= 4 is 21.4 Å². The Morgan fingerprint density at radius 2 is 2.14 bits per heavy atom. The van der Waals surface area contributed by atoms with Gasteiger partial charge in [-0.3, -0.25) is 9.69 Å². The molecule has 1 N–H and O–H groups in total. The van der Waals surface area contributed by atoms with Crippen molar-refractivity contribution in [3.63, 3.8) is 0 Å². The minimum absolute atomic E-state index is 0.0190. The van der Waals surface area contributed by atoms with Crippen LogP contribution in [0.25, 0.3) is 0 Å². The lowest BCUT2D eigenvalue weighted by atomic mass is 10.2. The van der Waals surface area contributed by atoms with Crippen molar-refractivity contribution in [2.75, 3.05) is 30.4 Å². The second-order valence-corrected chi connectivity index (χ2v) is 7.37. The number of nitrogens with zero attached hydrogens (tertiary/aromatic N) is 1. The Labute approximate surface area is 121 Å². The summed E-state index contributed by atoms with van der Waals surface area (Å²) >= 11 is 0. The molecule has 0 radical (unpaired) electrons. The average Bonchev–Trinajstić information content (AvgIpc) is 2.74. The summed E-state index contributed by atoms with van der Waals surface area (Å²) in [6.45, 7) is -0.0872. The second kappa shape index (κ2) is 6.07. The van der Waals surface area contributed by atoms with Crippen molar-refractivity contribution in [2.24, 2.45) is 0 Å². The number of hydrogen-bond donors (Lipinski definition) is 1. The van der Waals surface area contributed by atoms with Gasteiger partial charge < -0.3 is 5.32 Å². The first-order valence-corrected chi connectivity index (χ1v) is 8.24. The van der Waals surface area contributed by atoms with E-state index in [1.54, 1.807) is 11.9 Å². The SMILES string of the molecule is CN(CC(=O)Nc1cc(F)ccc1F)C1CCS(=O)(=O)C1. The summed E-state index contributed by atoms with van der Waals surface area (Å²) < 4.78 is 49.2. The highest BCUT2D eigenvalue weighted by molar-refractivity contribution is 7.91. The summed E-state index contributed by atoms with van der Waals surface area (Å²) in [5.41, 5.74) is -0.229. The van der Waals surface area contributed by atoms with E-state index in [0.717, 1.165) is 18.2 Å². The largest absolute Gasteiger partial charge is 0.322 e. The first-order valence-electron chi connectivity index (χ1n) is 6.42. The van der Waals surface area contributed by atoms with Crippen LogP contribution in [0.2, 0.25) is 0 Å². The van der Waals surface area contributed by atoms with E-state index in [1.807, 2.05) is 0 Å². The molecule has 8 heteroatoms. The van der Waals surface area contributed by atoms with Gasteiger partial charge in [0, 0.05) is 12.1 Å². The molecule has 1 aliphatic rings. The lowest BCUT2D eigenvalue weighted by Gasteiger charge is -2.22. The summed E-state index contributed by atoms with van der Waals surface area (Å²) in [4.78, 5) is 13.4. The standard InChI is InChI=1S/C13H16F2N2O3S/c1-17(10-4-5-21(19,20)8-10)7-13(18)16-12-6-9(14)2-3-11(12)15/h2-3,6,10H,4-5,7-8H2,1H3,(H,16,18). The fourth-order valence-electron chi connectivity index (χ4n) is 2.26. The van der Waals surface area contributed by atoms with Gasteiger partial charge in [0.1, 0.15) is 11.6 Å². The van der Waals surface area contributed by atoms with Crippen molar-refractivity contribution in [2.45, 2.75) is 12.5 Å². The topological polar surface area (TPSA) is 66.5 Å². The summed E-state index contributed by atoms with van der Waals surface area (Å²) in [5.74, 6) is -1.77. The number of rotatable bonds is 4. The van der Waals surface area contributed by atoms with E-state index in [0.29, 0.717) is 6.42 Å². The van der Waals surface area contributed by atoms with Crippen molar-refractivity contribution < 1.29 is 22.0 Å². The van der Waals surface area contributed by atoms with Crippen LogP contribution in [0.15, 0.2) is 18.2 Å². The summed E-state index contributed by atoms with van der Waals surface area (Å²) in [6.07, 6.45) is 0.473. The summed E-state index contributed by atoms with van der Waals surface area (Å²) in [6, 6.07) is 2.56. The number of benzene rings is 1. The normalized spacial score (nSPS) is 20.7. The highest BCUT2D eigenvalue weighted by Gasteiger charge is 2.31. The maximum atomic E-state index is 13.4. The Morgan fingerprint density at radius 3 is 2.76 bits per heavy atom. The zero-order chi connectivity index (χ0) is 15.6. The first-order chi connectivity index (χ1) is 9.77. The highest BCUT2D eigenvalue weighted by atomic mass is 32.2. The Kier molecular flexibility index (Phi) is 4.58. The lowest BCUT2D eigenvalue weighted by Crippen LogP contribution is -2.38. The van der Waals surface area contributed by atoms with E-state index < -0.39 is 27.4 Å². The van der Waals surface area contributed by atoms with Gasteiger partial charge in [0.05, 0.1) is 23.7 Å². The van der Waals surface area contributed by atoms with Gasteiger partial charge in [-0.05, 0) is 25.6 Å². The predicted molar refractivity (Wildman–Crippen MR) is 74.7 cm³/mol. The zero-order valence-corrected chi connectivity index (χ0v) is 12.3. The molecule has 116 valence electrons. The highest BCUT2D eigenvalue weighted by Crippen LogP contribution is 2.17. The van der Waals surface area contributed by atoms with Crippen molar-refractivity contribution in [1.82, 2.24) is 4.90 Å². The molecule has 1 aliphatic heterocycles. The van der Waals surface area contributed by atoms with Gasteiger partial charge >= 0.3 is 0 Å². The minimum Gasteiger partial charge on any atom is -0.322 e. The van der Waals surface area contributed by atoms with Crippen LogP contribution in [0.3, 0.4) is 0 Å². The van der Waals surface area contributed by atoms with Gasteiger partial charge in [-0.1, -0.05) is 0 Å². The predicted octanol–water partition coefficient (Wildman–Crippen LogP) is 1.02. The van der Waals surface area contributed by atoms with E-state index in [-0.39, 0.29) is 29.8 Å². The molecule has 1 atom stereocenters. The lowest BCUT2D eigenvalue weighted by molar-refractivity contribution is -0.117. The van der Waals surface area contributed by atoms with Gasteiger partial charge in [0.2, 0.25) is 5.91 Å². The van der Waals surface area contributed by atoms with Gasteiger partial charge in [-0.2, -0.15) is 0 Å². The molecular formula is C13H16F2N2O3S. The molecular weight excluding hydrogens is 302 g/mol. The van der Waals surface area contributed by atoms with Crippen LogP contribution >= 0.6 is 0 Å². The quantitative estimate of drug-likeness (QED) is 0.900. The maximum Gasteiger partial charge on any atom is 0.238 e. The summed E-state index contributed by atoms with van der Waals surface area (Å²) in [7, 11) is -1.40. The average molecular weight is 318 g/mol. The molecule has 1 fully saturated rings. The van der Waals surface area contributed by atoms with Gasteiger partial charge in [0.25, 0.3) is 0 Å². The van der Waals surface area contributed by atoms with Gasteiger partial charge in [-0.25, -0.2) is 17.2 Å². The molecule has 0 aliphatic carbocycles. The fraction of sp³-hybridized carbons (Fsp3) is 0.462. The minimum atomic E-state index is -3.03. The molecule has 1 amide bonds. The van der Waals surface area contributed by atoms with Crippen LogP contribution in [0.5, 0.6) is 0 Å². The molecule has 1 unspecified atom stereocenters. The maximum absolute atomic E-state index is 13.4. The van der Waals surface area contributed by atoms with E-state index in [2.05, 4.69) is 5.32 Å². The fourth-order valence-corrected chi connectivity index (χ4v) is 4.07. The number of amides is 1. The van der Waals surface area contributed by atoms with E-state index >= 15 is 0 Å². The molecule has 1 aromatic carbocycles. The number of anilines is 1. The molecule has 2 rings (SSSR count). The van der Waals surface area contributed by atoms with Crippen molar-refractivity contribution in [3.05, 3.63) is 29.8 Å². The Morgan fingerprint density at radius 1 is 1.43 bits per heavy atom.